The number of carbonyl (C=O) groups is 1. The van der Waals surface area contributed by atoms with Crippen molar-refractivity contribution in [3.63, 3.8) is 0 Å². The van der Waals surface area contributed by atoms with Gasteiger partial charge >= 0.3 is 0 Å². The molecule has 1 aliphatic heterocycles. The summed E-state index contributed by atoms with van der Waals surface area (Å²) in [6, 6.07) is 14.0. The van der Waals surface area contributed by atoms with Crippen LogP contribution in [0, 0.1) is 0 Å². The van der Waals surface area contributed by atoms with E-state index in [0.717, 1.165) is 6.54 Å². The molecule has 3 heterocycles. The fraction of sp³-hybridized carbons (Fsp3) is 0.211. The van der Waals surface area contributed by atoms with Crippen molar-refractivity contribution in [2.45, 2.75) is 12.6 Å². The summed E-state index contributed by atoms with van der Waals surface area (Å²) in [5.41, 5.74) is 3.08. The molecule has 0 saturated carbocycles. The molecular formula is C19H19N5O. The molecule has 0 fully saturated rings. The molecule has 3 aromatic rings. The van der Waals surface area contributed by atoms with Crippen molar-refractivity contribution >= 4 is 11.7 Å². The molecule has 2 aromatic heterocycles. The second-order valence-electron chi connectivity index (χ2n) is 6.03. The maximum atomic E-state index is 12.2. The summed E-state index contributed by atoms with van der Waals surface area (Å²) >= 11 is 0. The quantitative estimate of drug-likeness (QED) is 0.798. The van der Waals surface area contributed by atoms with Crippen LogP contribution >= 0.6 is 0 Å². The number of nitrogens with one attached hydrogen (secondary N) is 1. The first-order valence-corrected chi connectivity index (χ1v) is 8.27. The highest BCUT2D eigenvalue weighted by molar-refractivity contribution is 5.98. The third-order valence-corrected chi connectivity index (χ3v) is 4.57. The molecule has 0 radical (unpaired) electrons. The monoisotopic (exact) mass is 333 g/mol. The molecule has 4 rings (SSSR count). The standard InChI is InChI=1S/C19H19N5O/c1-20-19(25)16-8-4-9-21-18(16)23-12-14-6-2-3-7-15(14)17(13-23)24-11-5-10-22-24/h2-11,17H,12-13H2,1H3,(H,20,25)/t17-/m0/s1. The Bertz CT molecular complexity index is 890. The number of nitrogens with zero attached hydrogens (tertiary/aromatic N) is 4. The van der Waals surface area contributed by atoms with Crippen molar-refractivity contribution in [1.82, 2.24) is 20.1 Å². The summed E-state index contributed by atoms with van der Waals surface area (Å²) in [7, 11) is 1.64. The Balaban J connectivity index is 1.78. The number of rotatable bonds is 3. The van der Waals surface area contributed by atoms with Crippen LogP contribution in [0.1, 0.15) is 27.5 Å². The topological polar surface area (TPSA) is 63.1 Å². The van der Waals surface area contributed by atoms with Gasteiger partial charge in [0.05, 0.1) is 11.6 Å². The Hall–Kier alpha value is -3.15. The first-order valence-electron chi connectivity index (χ1n) is 8.27. The Kier molecular flexibility index (Phi) is 3.93. The maximum absolute atomic E-state index is 12.2. The van der Waals surface area contributed by atoms with E-state index in [9.17, 15) is 4.79 Å². The number of benzene rings is 1. The van der Waals surface area contributed by atoms with Crippen LogP contribution in [-0.4, -0.2) is 34.3 Å². The van der Waals surface area contributed by atoms with E-state index in [1.807, 2.05) is 29.1 Å². The van der Waals surface area contributed by atoms with E-state index in [1.54, 1.807) is 25.5 Å². The first-order chi connectivity index (χ1) is 12.3. The Morgan fingerprint density at radius 2 is 2.04 bits per heavy atom. The molecule has 0 bridgehead atoms. The molecule has 6 heteroatoms. The van der Waals surface area contributed by atoms with Crippen LogP contribution in [0.15, 0.2) is 61.1 Å². The zero-order valence-corrected chi connectivity index (χ0v) is 14.0. The number of pyridine rings is 1. The van der Waals surface area contributed by atoms with Crippen LogP contribution in [0.3, 0.4) is 0 Å². The minimum atomic E-state index is -0.127. The maximum Gasteiger partial charge on any atom is 0.254 e. The number of fused-ring (bicyclic) bond motifs is 1. The Morgan fingerprint density at radius 3 is 2.84 bits per heavy atom. The van der Waals surface area contributed by atoms with Crippen LogP contribution in [-0.2, 0) is 6.54 Å². The lowest BCUT2D eigenvalue weighted by Gasteiger charge is -2.36. The fourth-order valence-corrected chi connectivity index (χ4v) is 3.39. The van der Waals surface area contributed by atoms with Crippen LogP contribution in [0.4, 0.5) is 5.82 Å². The minimum Gasteiger partial charge on any atom is -0.355 e. The van der Waals surface area contributed by atoms with Crippen molar-refractivity contribution in [1.29, 1.82) is 0 Å². The molecule has 1 N–H and O–H groups in total. The van der Waals surface area contributed by atoms with E-state index in [2.05, 4.69) is 38.5 Å². The second-order valence-corrected chi connectivity index (χ2v) is 6.03. The van der Waals surface area contributed by atoms with Gasteiger partial charge in [-0.25, -0.2) is 4.98 Å². The van der Waals surface area contributed by atoms with Crippen LogP contribution in [0.5, 0.6) is 0 Å². The number of amides is 1. The predicted octanol–water partition coefficient (Wildman–Crippen LogP) is 2.25. The number of aromatic nitrogens is 3. The van der Waals surface area contributed by atoms with Gasteiger partial charge in [0, 0.05) is 38.7 Å². The SMILES string of the molecule is CNC(=O)c1cccnc1N1Cc2ccccc2[C@@H](n2cccn2)C1. The van der Waals surface area contributed by atoms with Gasteiger partial charge in [-0.15, -0.1) is 0 Å². The summed E-state index contributed by atoms with van der Waals surface area (Å²) in [4.78, 5) is 18.9. The fourth-order valence-electron chi connectivity index (χ4n) is 3.39. The zero-order valence-electron chi connectivity index (χ0n) is 14.0. The van der Waals surface area contributed by atoms with Gasteiger partial charge in [-0.05, 0) is 29.3 Å². The van der Waals surface area contributed by atoms with Crippen molar-refractivity contribution < 1.29 is 4.79 Å². The van der Waals surface area contributed by atoms with Gasteiger partial charge in [-0.3, -0.25) is 9.48 Å². The van der Waals surface area contributed by atoms with Crippen molar-refractivity contribution in [3.05, 3.63) is 77.7 Å². The Labute approximate surface area is 146 Å². The van der Waals surface area contributed by atoms with E-state index < -0.39 is 0 Å². The molecule has 0 saturated heterocycles. The van der Waals surface area contributed by atoms with Crippen LogP contribution in [0.2, 0.25) is 0 Å². The highest BCUT2D eigenvalue weighted by atomic mass is 16.1. The van der Waals surface area contributed by atoms with Gasteiger partial charge in [-0.2, -0.15) is 5.10 Å². The summed E-state index contributed by atoms with van der Waals surface area (Å²) in [6.45, 7) is 1.43. The van der Waals surface area contributed by atoms with E-state index in [0.29, 0.717) is 17.9 Å². The predicted molar refractivity (Wildman–Crippen MR) is 95.5 cm³/mol. The average molecular weight is 333 g/mol. The van der Waals surface area contributed by atoms with Crippen molar-refractivity contribution in [2.75, 3.05) is 18.5 Å². The normalized spacial score (nSPS) is 16.4. The molecule has 1 amide bonds. The molecule has 1 atom stereocenters. The molecule has 126 valence electrons. The molecular weight excluding hydrogens is 314 g/mol. The molecule has 1 aliphatic rings. The van der Waals surface area contributed by atoms with Gasteiger partial charge in [0.15, 0.2) is 0 Å². The van der Waals surface area contributed by atoms with Gasteiger partial charge < -0.3 is 10.2 Å². The molecule has 6 nitrogen and oxygen atoms in total. The summed E-state index contributed by atoms with van der Waals surface area (Å²) in [5, 5.41) is 7.13. The summed E-state index contributed by atoms with van der Waals surface area (Å²) < 4.78 is 1.97. The van der Waals surface area contributed by atoms with E-state index in [-0.39, 0.29) is 11.9 Å². The minimum absolute atomic E-state index is 0.0829. The van der Waals surface area contributed by atoms with E-state index in [4.69, 9.17) is 0 Å². The number of hydrogen-bond donors (Lipinski definition) is 1. The number of hydrogen-bond acceptors (Lipinski definition) is 4. The third kappa shape index (κ3) is 2.76. The number of anilines is 1. The molecule has 0 aliphatic carbocycles. The van der Waals surface area contributed by atoms with Gasteiger partial charge in [-0.1, -0.05) is 24.3 Å². The van der Waals surface area contributed by atoms with E-state index in [1.165, 1.54) is 11.1 Å². The summed E-state index contributed by atoms with van der Waals surface area (Å²) in [6.07, 6.45) is 5.49. The molecule has 1 aromatic carbocycles. The van der Waals surface area contributed by atoms with Crippen LogP contribution < -0.4 is 10.2 Å². The van der Waals surface area contributed by atoms with Gasteiger partial charge in [0.25, 0.3) is 5.91 Å². The molecule has 0 unspecified atom stereocenters. The van der Waals surface area contributed by atoms with Gasteiger partial charge in [0.2, 0.25) is 0 Å². The number of carbonyl (C=O) groups excluding carboxylic acids is 1. The first kappa shape index (κ1) is 15.4. The second kappa shape index (κ2) is 6.39. The third-order valence-electron chi connectivity index (χ3n) is 4.57. The van der Waals surface area contributed by atoms with E-state index >= 15 is 0 Å². The van der Waals surface area contributed by atoms with Gasteiger partial charge in [0.1, 0.15) is 5.82 Å². The van der Waals surface area contributed by atoms with Crippen LogP contribution in [0.25, 0.3) is 0 Å². The summed E-state index contributed by atoms with van der Waals surface area (Å²) in [5.74, 6) is 0.575. The molecule has 0 spiro atoms. The lowest BCUT2D eigenvalue weighted by Crippen LogP contribution is -2.38. The van der Waals surface area contributed by atoms with Crippen molar-refractivity contribution in [2.24, 2.45) is 0 Å². The Morgan fingerprint density at radius 1 is 1.16 bits per heavy atom. The lowest BCUT2D eigenvalue weighted by molar-refractivity contribution is 0.0963. The largest absolute Gasteiger partial charge is 0.355 e. The zero-order chi connectivity index (χ0) is 17.2. The highest BCUT2D eigenvalue weighted by Gasteiger charge is 2.29. The highest BCUT2D eigenvalue weighted by Crippen LogP contribution is 2.32. The average Bonchev–Trinajstić information content (AvgIpc) is 3.21. The smallest absolute Gasteiger partial charge is 0.254 e. The molecule has 25 heavy (non-hydrogen) atoms. The van der Waals surface area contributed by atoms with Crippen molar-refractivity contribution in [3.8, 4) is 0 Å². The lowest BCUT2D eigenvalue weighted by atomic mass is 9.95.